The summed E-state index contributed by atoms with van der Waals surface area (Å²) in [5.74, 6) is -15.8. The van der Waals surface area contributed by atoms with Gasteiger partial charge in [-0.25, -0.2) is 67.3 Å². The molecule has 0 spiro atoms. The number of hydrogen-bond donors (Lipinski definition) is 0. The molecule has 2 heterocycles. The summed E-state index contributed by atoms with van der Waals surface area (Å²) in [5, 5.41) is -1.87. The van der Waals surface area contributed by atoms with Gasteiger partial charge in [0.2, 0.25) is 22.4 Å². The predicted octanol–water partition coefficient (Wildman–Crippen LogP) is -24.8. The van der Waals surface area contributed by atoms with Crippen LogP contribution in [0.1, 0.15) is 25.7 Å². The van der Waals surface area contributed by atoms with Gasteiger partial charge in [0.15, 0.2) is 23.0 Å². The minimum atomic E-state index is -6.07. The maximum atomic E-state index is 14.2. The third-order valence-electron chi connectivity index (χ3n) is 10.6. The Balaban J connectivity index is 0. The van der Waals surface area contributed by atoms with E-state index in [2.05, 4.69) is 33.5 Å². The van der Waals surface area contributed by atoms with Crippen LogP contribution in [0.25, 0.3) is 44.6 Å². The fourth-order valence-electron chi connectivity index (χ4n) is 7.81. The summed E-state index contributed by atoms with van der Waals surface area (Å²) in [5.41, 5.74) is -7.46. The third kappa shape index (κ3) is 28.9. The Labute approximate surface area is 697 Å². The van der Waals surface area contributed by atoms with Crippen molar-refractivity contribution < 1.29 is 392 Å². The molecule has 2 aromatic heterocycles. The predicted molar refractivity (Wildman–Crippen MR) is 255 cm³/mol. The molecule has 1 fully saturated rings. The van der Waals surface area contributed by atoms with Crippen molar-refractivity contribution in [1.29, 1.82) is 0 Å². The molecule has 0 aliphatic heterocycles. The van der Waals surface area contributed by atoms with Gasteiger partial charge in [0, 0.05) is 36.4 Å². The van der Waals surface area contributed by atoms with Crippen LogP contribution in [0, 0.1) is 11.8 Å². The maximum absolute atomic E-state index is 14.2. The smallest absolute Gasteiger partial charge is 0.716 e. The second-order valence-corrected chi connectivity index (χ2v) is 24.4. The van der Waals surface area contributed by atoms with Crippen molar-refractivity contribution in [2.45, 2.75) is 25.7 Å². The SMILES string of the molecule is O=c1c(OS(=O)(=O)[O-])c(-c2ccc(OS(=O)(=O)[O-])cc2OS(=O)(=O)[O-])oc2cc(OS(=O)(=O)[O-])cc(OCC3CCC(COc4cc(OS(=O)(=O)[O-])cc5oc(-c6ccc(OS(=O)(=O)[O-])cc6OS(=O)(=O)[O-])c(OS(=O)(=O)[O-])c(=O)c45)CC3)c12.[Na+].[Na+].[Na+].[Na+].[Na+].[Na+].[Na+].[Na+]. The molecular weight excluding hydrogens is 1500 g/mol. The number of hydrogen-bond acceptors (Lipinski definition) is 38. The zero-order valence-electron chi connectivity index (χ0n) is 48.0. The van der Waals surface area contributed by atoms with Crippen LogP contribution < -0.4 is 290 Å². The van der Waals surface area contributed by atoms with Gasteiger partial charge in [-0.05, 0) is 61.8 Å². The Hall–Kier alpha value is 0.580. The van der Waals surface area contributed by atoms with Crippen LogP contribution in [0.3, 0.4) is 0 Å². The van der Waals surface area contributed by atoms with E-state index >= 15 is 0 Å². The molecule has 0 saturated heterocycles. The van der Waals surface area contributed by atoms with Gasteiger partial charge in [0.05, 0.1) is 24.3 Å². The first-order valence-corrected chi connectivity index (χ1v) is 32.1. The van der Waals surface area contributed by atoms with Crippen LogP contribution in [0.15, 0.2) is 79.1 Å². The number of fused-ring (bicyclic) bond motifs is 2. The molecule has 1 saturated carbocycles. The van der Waals surface area contributed by atoms with Gasteiger partial charge in [-0.1, -0.05) is 0 Å². The summed E-state index contributed by atoms with van der Waals surface area (Å²) in [4.78, 5) is 28.3. The average molecular weight is 1530 g/mol. The van der Waals surface area contributed by atoms with Crippen LogP contribution in [-0.2, 0) is 83.2 Å². The normalized spacial score (nSPS) is 14.3. The van der Waals surface area contributed by atoms with Crippen molar-refractivity contribution in [3.8, 4) is 80.1 Å². The zero-order valence-corrected chi connectivity index (χ0v) is 70.5. The summed E-state index contributed by atoms with van der Waals surface area (Å²) in [6.45, 7) is -0.999. The van der Waals surface area contributed by atoms with Crippen LogP contribution in [-0.4, -0.2) is 117 Å². The number of rotatable bonds is 24. The molecule has 38 nitrogen and oxygen atoms in total. The molecule has 54 heteroatoms. The minimum absolute atomic E-state index is 0. The molecule has 0 unspecified atom stereocenters. The molecule has 0 bridgehead atoms. The summed E-state index contributed by atoms with van der Waals surface area (Å²) < 4.78 is 336. The van der Waals surface area contributed by atoms with Crippen LogP contribution in [0.5, 0.6) is 57.5 Å². The molecule has 0 atom stereocenters. The summed E-state index contributed by atoms with van der Waals surface area (Å²) in [6, 6.07) is 4.59. The quantitative estimate of drug-likeness (QED) is 0.0308. The fourth-order valence-corrected chi connectivity index (χ4v) is 10.6. The van der Waals surface area contributed by atoms with Gasteiger partial charge >= 0.3 is 236 Å². The summed E-state index contributed by atoms with van der Waals surface area (Å²) >= 11 is 0. The van der Waals surface area contributed by atoms with Gasteiger partial charge < -0.3 is 88.2 Å². The van der Waals surface area contributed by atoms with Crippen molar-refractivity contribution in [1.82, 2.24) is 0 Å². The standard InChI is InChI=1S/C38H32O38S8.8Na/c39-33-31-27(11-21(71-79(47,48)49)13-29(31)67-35(37(33)75-83(59,60)61)23-7-5-19(69-77(41,42)43)9-25(23)73-81(53,54)55)65-15-17-1-2-18(4-3-17)16-66-28-12-22(72-80(50,51)52)14-30-32(28)34(40)38(76-84(62,63)64)36(68-30)24-8-6-20(70-78(44,45)46)10-26(24)74-82(56,57)58;;;;;;;;/h5-14,17-18H,1-4,15-16H2,(H,41,42,43)(H,44,45,46)(H,47,48,49)(H,50,51,52)(H,53,54,55)(H,56,57,58)(H,59,60,61)(H,62,63,64);;;;;;;;/q;8*+1/p-8. The Kier molecular flexibility index (Phi) is 38.0. The van der Waals surface area contributed by atoms with Gasteiger partial charge in [-0.3, -0.25) is 9.59 Å². The van der Waals surface area contributed by atoms with E-state index in [1.165, 1.54) is 0 Å². The molecule has 7 rings (SSSR count). The Bertz CT molecular complexity index is 4460. The Morgan fingerprint density at radius 1 is 0.337 bits per heavy atom. The van der Waals surface area contributed by atoms with E-state index in [9.17, 15) is 113 Å². The monoisotopic (exact) mass is 1530 g/mol. The van der Waals surface area contributed by atoms with E-state index in [1.807, 2.05) is 0 Å². The molecule has 92 heavy (non-hydrogen) atoms. The maximum Gasteiger partial charge on any atom is 1.00 e. The van der Waals surface area contributed by atoms with E-state index < -0.39 is 221 Å². The molecular formula is C38H24Na8O38S8. The van der Waals surface area contributed by atoms with Crippen molar-refractivity contribution in [2.75, 3.05) is 13.2 Å². The fraction of sp³-hybridized carbons (Fsp3) is 0.211. The van der Waals surface area contributed by atoms with Crippen LogP contribution >= 0.6 is 0 Å². The van der Waals surface area contributed by atoms with Gasteiger partial charge in [0.25, 0.3) is 83.2 Å². The van der Waals surface area contributed by atoms with E-state index in [0.29, 0.717) is 48.5 Å². The third-order valence-corrected chi connectivity index (χ3v) is 13.7. The molecule has 1 aliphatic carbocycles. The van der Waals surface area contributed by atoms with Crippen molar-refractivity contribution in [3.63, 3.8) is 0 Å². The Morgan fingerprint density at radius 3 is 0.848 bits per heavy atom. The van der Waals surface area contributed by atoms with E-state index in [0.717, 1.165) is 0 Å². The topological polar surface area (TPSA) is 610 Å². The molecule has 6 aromatic rings. The first kappa shape index (κ1) is 94.6. The molecule has 460 valence electrons. The second-order valence-electron chi connectivity index (χ2n) is 16.5. The second kappa shape index (κ2) is 37.0. The summed E-state index contributed by atoms with van der Waals surface area (Å²) in [6.07, 6.45) is 0.368. The van der Waals surface area contributed by atoms with Crippen molar-refractivity contribution in [3.05, 3.63) is 81.1 Å². The number of benzene rings is 4. The Morgan fingerprint density at radius 2 is 0.587 bits per heavy atom. The molecule has 0 amide bonds. The first-order chi connectivity index (χ1) is 38.3. The van der Waals surface area contributed by atoms with Gasteiger partial charge in [0.1, 0.15) is 56.4 Å². The van der Waals surface area contributed by atoms with E-state index in [1.54, 1.807) is 0 Å². The van der Waals surface area contributed by atoms with E-state index in [-0.39, 0.29) is 274 Å². The number of ether oxygens (including phenoxy) is 2. The zero-order chi connectivity index (χ0) is 62.5. The average Bonchev–Trinajstić information content (AvgIpc) is 3.51. The largest absolute Gasteiger partial charge is 1.00 e. The molecule has 1 aliphatic rings. The molecule has 4 aromatic carbocycles. The van der Waals surface area contributed by atoms with Crippen molar-refractivity contribution in [2.24, 2.45) is 11.8 Å². The van der Waals surface area contributed by atoms with Crippen molar-refractivity contribution >= 4 is 105 Å². The van der Waals surface area contributed by atoms with Crippen LogP contribution in [0.2, 0.25) is 0 Å². The van der Waals surface area contributed by atoms with Gasteiger partial charge in [-0.2, -0.15) is 0 Å². The molecule has 0 N–H and O–H groups in total. The first-order valence-electron chi connectivity index (χ1n) is 21.4. The van der Waals surface area contributed by atoms with Gasteiger partial charge in [-0.15, -0.1) is 0 Å². The molecule has 0 radical (unpaired) electrons. The summed E-state index contributed by atoms with van der Waals surface area (Å²) in [7, 11) is -46.7. The van der Waals surface area contributed by atoms with E-state index in [4.69, 9.17) is 18.3 Å². The van der Waals surface area contributed by atoms with Crippen LogP contribution in [0.4, 0.5) is 0 Å². The minimum Gasteiger partial charge on any atom is -0.716 e.